The molecule has 1 amide bonds. The lowest BCUT2D eigenvalue weighted by Gasteiger charge is -1.94. The highest BCUT2D eigenvalue weighted by Gasteiger charge is 2.00. The van der Waals surface area contributed by atoms with Crippen molar-refractivity contribution in [1.29, 1.82) is 0 Å². The van der Waals surface area contributed by atoms with Crippen LogP contribution in [0.5, 0.6) is 0 Å². The van der Waals surface area contributed by atoms with Crippen molar-refractivity contribution >= 4 is 23.0 Å². The molecule has 0 heterocycles. The van der Waals surface area contributed by atoms with Gasteiger partial charge in [0.2, 0.25) is 0 Å². The summed E-state index contributed by atoms with van der Waals surface area (Å²) in [6.07, 6.45) is -0.0297. The Bertz CT molecular complexity index is 138. The molecule has 0 aromatic carbocycles. The van der Waals surface area contributed by atoms with Crippen molar-refractivity contribution < 1.29 is 14.7 Å². The van der Waals surface area contributed by atoms with Crippen LogP contribution >= 0.6 is 11.8 Å². The first-order chi connectivity index (χ1) is 4.66. The van der Waals surface area contributed by atoms with Crippen molar-refractivity contribution in [2.24, 2.45) is 5.84 Å². The number of thioether (sulfide) groups is 1. The maximum absolute atomic E-state index is 10.3. The molecule has 6 heteroatoms. The molecule has 0 aliphatic rings. The summed E-state index contributed by atoms with van der Waals surface area (Å²) >= 11 is 0.849. The zero-order valence-electron chi connectivity index (χ0n) is 5.16. The Morgan fingerprint density at radius 1 is 1.60 bits per heavy atom. The van der Waals surface area contributed by atoms with Crippen LogP contribution in [-0.2, 0) is 4.79 Å². The van der Waals surface area contributed by atoms with Gasteiger partial charge in [-0.05, 0) is 0 Å². The van der Waals surface area contributed by atoms with Crippen LogP contribution in [0.1, 0.15) is 6.42 Å². The lowest BCUT2D eigenvalue weighted by atomic mass is 10.5. The van der Waals surface area contributed by atoms with Gasteiger partial charge >= 0.3 is 5.97 Å². The molecule has 0 spiro atoms. The van der Waals surface area contributed by atoms with E-state index in [9.17, 15) is 9.59 Å². The lowest BCUT2D eigenvalue weighted by molar-refractivity contribution is -0.136. The smallest absolute Gasteiger partial charge is 0.304 e. The van der Waals surface area contributed by atoms with Gasteiger partial charge in [-0.2, -0.15) is 0 Å². The molecule has 0 saturated carbocycles. The molecular formula is C4H8N2O3S. The van der Waals surface area contributed by atoms with Crippen LogP contribution < -0.4 is 11.3 Å². The normalized spacial score (nSPS) is 8.90. The predicted molar refractivity (Wildman–Crippen MR) is 37.4 cm³/mol. The van der Waals surface area contributed by atoms with E-state index in [0.717, 1.165) is 11.8 Å². The Balaban J connectivity index is 3.20. The molecule has 0 aromatic rings. The summed E-state index contributed by atoms with van der Waals surface area (Å²) in [4.78, 5) is 20.2. The van der Waals surface area contributed by atoms with E-state index in [1.165, 1.54) is 0 Å². The summed E-state index contributed by atoms with van der Waals surface area (Å²) in [7, 11) is 0. The molecule has 0 aliphatic carbocycles. The zero-order chi connectivity index (χ0) is 7.98. The highest BCUT2D eigenvalue weighted by molar-refractivity contribution is 8.13. The number of amides is 1. The summed E-state index contributed by atoms with van der Waals surface area (Å²) in [5, 5.41) is 7.71. The number of aliphatic carboxylic acids is 1. The number of hydrazine groups is 1. The third-order valence-corrected chi connectivity index (χ3v) is 1.46. The Kier molecular flexibility index (Phi) is 4.69. The standard InChI is InChI=1S/C4H8N2O3S/c5-6-4(9)10-2-1-3(7)8/h1-2,5H2,(H,6,9)(H,7,8). The Morgan fingerprint density at radius 2 is 2.20 bits per heavy atom. The van der Waals surface area contributed by atoms with Gasteiger partial charge in [0.05, 0.1) is 6.42 Å². The molecule has 0 aliphatic heterocycles. The highest BCUT2D eigenvalue weighted by Crippen LogP contribution is 2.01. The fourth-order valence-corrected chi connectivity index (χ4v) is 0.818. The highest BCUT2D eigenvalue weighted by atomic mass is 32.2. The molecule has 0 bridgehead atoms. The van der Waals surface area contributed by atoms with E-state index in [2.05, 4.69) is 0 Å². The van der Waals surface area contributed by atoms with E-state index in [-0.39, 0.29) is 12.2 Å². The summed E-state index contributed by atoms with van der Waals surface area (Å²) in [5.74, 6) is 4.05. The predicted octanol–water partition coefficient (Wildman–Crippen LogP) is -0.222. The number of hydrogen-bond acceptors (Lipinski definition) is 4. The molecule has 0 radical (unpaired) electrons. The van der Waals surface area contributed by atoms with Crippen LogP contribution in [0, 0.1) is 0 Å². The van der Waals surface area contributed by atoms with Gasteiger partial charge < -0.3 is 5.11 Å². The average Bonchev–Trinajstić information content (AvgIpc) is 1.87. The number of nitrogens with two attached hydrogens (primary N) is 1. The minimum atomic E-state index is -0.919. The Hall–Kier alpha value is -0.750. The van der Waals surface area contributed by atoms with Crippen LogP contribution in [0.3, 0.4) is 0 Å². The van der Waals surface area contributed by atoms with Crippen LogP contribution in [-0.4, -0.2) is 22.1 Å². The van der Waals surface area contributed by atoms with Crippen molar-refractivity contribution in [3.05, 3.63) is 0 Å². The fourth-order valence-electron chi connectivity index (χ4n) is 0.273. The van der Waals surface area contributed by atoms with Gasteiger partial charge in [0, 0.05) is 5.75 Å². The monoisotopic (exact) mass is 164 g/mol. The molecule has 0 atom stereocenters. The third-order valence-electron chi connectivity index (χ3n) is 0.667. The summed E-state index contributed by atoms with van der Waals surface area (Å²) in [6, 6.07) is 0. The largest absolute Gasteiger partial charge is 0.481 e. The van der Waals surface area contributed by atoms with Crippen molar-refractivity contribution in [1.82, 2.24) is 5.43 Å². The van der Waals surface area contributed by atoms with Crippen molar-refractivity contribution in [2.45, 2.75) is 6.42 Å². The minimum Gasteiger partial charge on any atom is -0.481 e. The van der Waals surface area contributed by atoms with E-state index in [4.69, 9.17) is 10.9 Å². The van der Waals surface area contributed by atoms with Crippen LogP contribution in [0.2, 0.25) is 0 Å². The Morgan fingerprint density at radius 3 is 2.60 bits per heavy atom. The molecule has 0 saturated heterocycles. The molecule has 4 N–H and O–H groups in total. The maximum Gasteiger partial charge on any atom is 0.304 e. The summed E-state index contributed by atoms with van der Waals surface area (Å²) in [5.41, 5.74) is 1.87. The van der Waals surface area contributed by atoms with E-state index < -0.39 is 11.2 Å². The van der Waals surface area contributed by atoms with Crippen molar-refractivity contribution in [3.8, 4) is 0 Å². The Labute approximate surface area is 61.9 Å². The van der Waals surface area contributed by atoms with Gasteiger partial charge in [-0.3, -0.25) is 15.0 Å². The van der Waals surface area contributed by atoms with Gasteiger partial charge in [0.15, 0.2) is 0 Å². The van der Waals surface area contributed by atoms with E-state index >= 15 is 0 Å². The number of carbonyl (C=O) groups excluding carboxylic acids is 1. The number of carboxylic acid groups (broad SMARTS) is 1. The van der Waals surface area contributed by atoms with Crippen LogP contribution in [0.4, 0.5) is 4.79 Å². The number of carboxylic acids is 1. The number of carbonyl (C=O) groups is 2. The van der Waals surface area contributed by atoms with Gasteiger partial charge in [-0.1, -0.05) is 11.8 Å². The van der Waals surface area contributed by atoms with Gasteiger partial charge in [-0.25, -0.2) is 5.84 Å². The first-order valence-corrected chi connectivity index (χ1v) is 3.50. The second kappa shape index (κ2) is 5.07. The summed E-state index contributed by atoms with van der Waals surface area (Å²) in [6.45, 7) is 0. The number of nitrogens with one attached hydrogen (secondary N) is 1. The van der Waals surface area contributed by atoms with Gasteiger partial charge in [-0.15, -0.1) is 0 Å². The second-order valence-electron chi connectivity index (χ2n) is 1.42. The molecule has 0 unspecified atom stereocenters. The van der Waals surface area contributed by atoms with E-state index in [0.29, 0.717) is 0 Å². The van der Waals surface area contributed by atoms with Gasteiger partial charge in [0.25, 0.3) is 5.24 Å². The quantitative estimate of drug-likeness (QED) is 0.304. The number of rotatable bonds is 3. The molecule has 0 fully saturated rings. The van der Waals surface area contributed by atoms with E-state index in [1.807, 2.05) is 5.43 Å². The topological polar surface area (TPSA) is 92.4 Å². The fraction of sp³-hybridized carbons (Fsp3) is 0.500. The molecule has 58 valence electrons. The van der Waals surface area contributed by atoms with Crippen LogP contribution in [0.25, 0.3) is 0 Å². The first-order valence-electron chi connectivity index (χ1n) is 2.52. The molecule has 10 heavy (non-hydrogen) atoms. The zero-order valence-corrected chi connectivity index (χ0v) is 5.98. The summed E-state index contributed by atoms with van der Waals surface area (Å²) < 4.78 is 0. The third kappa shape index (κ3) is 5.39. The van der Waals surface area contributed by atoms with Gasteiger partial charge in [0.1, 0.15) is 0 Å². The molecular weight excluding hydrogens is 156 g/mol. The van der Waals surface area contributed by atoms with Crippen molar-refractivity contribution in [2.75, 3.05) is 5.75 Å². The maximum atomic E-state index is 10.3. The average molecular weight is 164 g/mol. The minimum absolute atomic E-state index is 0.0297. The first kappa shape index (κ1) is 9.25. The van der Waals surface area contributed by atoms with Crippen molar-refractivity contribution in [3.63, 3.8) is 0 Å². The molecule has 0 rings (SSSR count). The SMILES string of the molecule is NNC(=O)SCCC(=O)O. The molecule has 5 nitrogen and oxygen atoms in total. The van der Waals surface area contributed by atoms with E-state index in [1.54, 1.807) is 0 Å². The number of hydrogen-bond donors (Lipinski definition) is 3. The lowest BCUT2D eigenvalue weighted by Crippen LogP contribution is -2.26. The second-order valence-corrected chi connectivity index (χ2v) is 2.49. The molecule has 0 aromatic heterocycles. The van der Waals surface area contributed by atoms with Crippen LogP contribution in [0.15, 0.2) is 0 Å².